The molecule has 1 aliphatic carbocycles. The number of hydrogen-bond acceptors (Lipinski definition) is 4. The van der Waals surface area contributed by atoms with Gasteiger partial charge in [-0.1, -0.05) is 43.0 Å². The average Bonchev–Trinajstić information content (AvgIpc) is 2.84. The van der Waals surface area contributed by atoms with Crippen molar-refractivity contribution in [1.82, 2.24) is 0 Å². The van der Waals surface area contributed by atoms with Crippen molar-refractivity contribution in [2.75, 3.05) is 10.3 Å². The van der Waals surface area contributed by atoms with Crippen molar-refractivity contribution >= 4 is 54.1 Å². The summed E-state index contributed by atoms with van der Waals surface area (Å²) < 4.78 is 14.6. The molecule has 0 fully saturated rings. The van der Waals surface area contributed by atoms with Gasteiger partial charge in [0.05, 0.1) is 18.8 Å². The topological polar surface area (TPSA) is 54.5 Å². The van der Waals surface area contributed by atoms with Gasteiger partial charge in [0.1, 0.15) is 5.82 Å². The van der Waals surface area contributed by atoms with E-state index in [0.717, 1.165) is 35.6 Å². The molecule has 1 aliphatic heterocycles. The lowest BCUT2D eigenvalue weighted by Crippen LogP contribution is -2.32. The number of benzene rings is 1. The second-order valence-corrected chi connectivity index (χ2v) is 15.4. The molecule has 0 radical (unpaired) electrons. The third-order valence-electron chi connectivity index (χ3n) is 4.52. The van der Waals surface area contributed by atoms with E-state index in [9.17, 15) is 18.8 Å². The van der Waals surface area contributed by atoms with Crippen molar-refractivity contribution in [1.29, 1.82) is 0 Å². The molecule has 4 nitrogen and oxygen atoms in total. The Balaban J connectivity index is 1.94. The Morgan fingerprint density at radius 3 is 2.22 bits per heavy atom. The zero-order valence-corrected chi connectivity index (χ0v) is 18.1. The number of imide groups is 1. The number of nitrogens with zero attached hydrogens (tertiary/aromatic N) is 1. The maximum atomic E-state index is 14.6. The highest BCUT2D eigenvalue weighted by Crippen LogP contribution is 2.38. The summed E-state index contributed by atoms with van der Waals surface area (Å²) in [7, 11) is -1.46. The summed E-state index contributed by atoms with van der Waals surface area (Å²) in [4.78, 5) is 38.8. The summed E-state index contributed by atoms with van der Waals surface area (Å²) in [6.07, 6.45) is 2.74. The van der Waals surface area contributed by atoms with Crippen LogP contribution < -0.4 is 4.90 Å². The lowest BCUT2D eigenvalue weighted by molar-refractivity contribution is -0.120. The second-order valence-electron chi connectivity index (χ2n) is 8.03. The van der Waals surface area contributed by atoms with Crippen LogP contribution in [0.2, 0.25) is 24.7 Å². The monoisotopic (exact) mass is 425 g/mol. The highest BCUT2D eigenvalue weighted by atomic mass is 35.5. The van der Waals surface area contributed by atoms with Gasteiger partial charge >= 0.3 is 0 Å². The first-order valence-electron chi connectivity index (χ1n) is 8.87. The molecule has 2 aliphatic rings. The maximum Gasteiger partial charge on any atom is 0.261 e. The molecule has 0 saturated carbocycles. The van der Waals surface area contributed by atoms with E-state index in [4.69, 9.17) is 11.6 Å². The lowest BCUT2D eigenvalue weighted by atomic mass is 9.93. The Hall–Kier alpha value is -1.44. The van der Waals surface area contributed by atoms with E-state index in [1.165, 1.54) is 6.07 Å². The Labute approximate surface area is 168 Å². The average molecular weight is 426 g/mol. The zero-order valence-electron chi connectivity index (χ0n) is 15.5. The molecule has 0 spiro atoms. The van der Waals surface area contributed by atoms with Crippen LogP contribution in [0.4, 0.5) is 10.1 Å². The molecule has 0 saturated heterocycles. The summed E-state index contributed by atoms with van der Waals surface area (Å²) in [5.41, 5.74) is 0.880. The molecule has 0 N–H and O–H groups in total. The van der Waals surface area contributed by atoms with Gasteiger partial charge in [-0.15, -0.1) is 0 Å². The molecule has 3 rings (SSSR count). The van der Waals surface area contributed by atoms with E-state index in [2.05, 4.69) is 19.6 Å². The third-order valence-corrected chi connectivity index (χ3v) is 9.36. The molecule has 144 valence electrons. The number of anilines is 1. The molecule has 8 heteroatoms. The Morgan fingerprint density at radius 1 is 1.15 bits per heavy atom. The number of rotatable bonds is 4. The number of carbonyl (C=O) groups excluding carboxylic acids is 3. The molecule has 27 heavy (non-hydrogen) atoms. The standard InChI is InChI=1S/C19H21ClFNO3SSi/c1-27(2,3)10-26-19(25)13-8-16(15(21)9-14(13)20)22-17(23)11-6-4-5-7-12(11)18(22)24/h8-9H,4-7,10H2,1-3H3. The first-order valence-corrected chi connectivity index (χ1v) is 13.9. The minimum Gasteiger partial charge on any atom is -0.282 e. The number of amides is 2. The molecule has 1 heterocycles. The van der Waals surface area contributed by atoms with Crippen LogP contribution in [-0.4, -0.2) is 30.4 Å². The van der Waals surface area contributed by atoms with Crippen LogP contribution in [0.25, 0.3) is 0 Å². The predicted octanol–water partition coefficient (Wildman–Crippen LogP) is 4.97. The van der Waals surface area contributed by atoms with Crippen molar-refractivity contribution < 1.29 is 18.8 Å². The van der Waals surface area contributed by atoms with Crippen molar-refractivity contribution in [2.24, 2.45) is 0 Å². The highest BCUT2D eigenvalue weighted by molar-refractivity contribution is 8.15. The fourth-order valence-corrected chi connectivity index (χ4v) is 6.06. The zero-order chi connectivity index (χ0) is 19.9. The Kier molecular flexibility index (Phi) is 5.66. The van der Waals surface area contributed by atoms with Crippen LogP contribution in [0.15, 0.2) is 23.3 Å². The van der Waals surface area contributed by atoms with Gasteiger partial charge in [-0.3, -0.25) is 14.4 Å². The van der Waals surface area contributed by atoms with Crippen molar-refractivity contribution in [2.45, 2.75) is 45.3 Å². The van der Waals surface area contributed by atoms with Crippen LogP contribution in [0.3, 0.4) is 0 Å². The second kappa shape index (κ2) is 7.52. The first kappa shape index (κ1) is 20.3. The first-order chi connectivity index (χ1) is 12.6. The molecule has 0 aromatic heterocycles. The van der Waals surface area contributed by atoms with E-state index >= 15 is 0 Å². The van der Waals surface area contributed by atoms with Gasteiger partial charge in [0, 0.05) is 16.7 Å². The van der Waals surface area contributed by atoms with Crippen LogP contribution >= 0.6 is 23.4 Å². The van der Waals surface area contributed by atoms with Gasteiger partial charge in [0.15, 0.2) is 0 Å². The third kappa shape index (κ3) is 4.05. The lowest BCUT2D eigenvalue weighted by Gasteiger charge is -2.18. The SMILES string of the molecule is C[Si](C)(C)CSC(=O)c1cc(N2C(=O)C3=C(CCCC3)C2=O)c(F)cc1Cl. The summed E-state index contributed by atoms with van der Waals surface area (Å²) in [5, 5.41) is 0.411. The van der Waals surface area contributed by atoms with Crippen LogP contribution in [0.1, 0.15) is 36.0 Å². The number of hydrogen-bond donors (Lipinski definition) is 0. The van der Waals surface area contributed by atoms with Crippen molar-refractivity contribution in [3.8, 4) is 0 Å². The summed E-state index contributed by atoms with van der Waals surface area (Å²) >= 11 is 7.23. The maximum absolute atomic E-state index is 14.6. The smallest absolute Gasteiger partial charge is 0.261 e. The van der Waals surface area contributed by atoms with Crippen molar-refractivity contribution in [3.63, 3.8) is 0 Å². The fraction of sp³-hybridized carbons (Fsp3) is 0.421. The van der Waals surface area contributed by atoms with E-state index in [1.807, 2.05) is 0 Å². The normalized spacial score (nSPS) is 17.6. The van der Waals surface area contributed by atoms with E-state index < -0.39 is 25.7 Å². The Morgan fingerprint density at radius 2 is 1.70 bits per heavy atom. The van der Waals surface area contributed by atoms with Gasteiger partial charge in [0.2, 0.25) is 5.12 Å². The van der Waals surface area contributed by atoms with Crippen LogP contribution in [-0.2, 0) is 9.59 Å². The minimum atomic E-state index is -1.46. The quantitative estimate of drug-likeness (QED) is 0.504. The molecule has 1 aromatic carbocycles. The molecule has 0 bridgehead atoms. The molecule has 0 atom stereocenters. The van der Waals surface area contributed by atoms with Gasteiger partial charge in [-0.25, -0.2) is 9.29 Å². The van der Waals surface area contributed by atoms with E-state index in [-0.39, 0.29) is 21.4 Å². The van der Waals surface area contributed by atoms with E-state index in [1.54, 1.807) is 0 Å². The number of halogens is 2. The van der Waals surface area contributed by atoms with Gasteiger partial charge in [0.25, 0.3) is 11.8 Å². The van der Waals surface area contributed by atoms with Gasteiger partial charge < -0.3 is 0 Å². The number of thioether (sulfide) groups is 1. The van der Waals surface area contributed by atoms with Gasteiger partial charge in [-0.2, -0.15) is 0 Å². The van der Waals surface area contributed by atoms with Crippen LogP contribution in [0.5, 0.6) is 0 Å². The molecule has 2 amide bonds. The van der Waals surface area contributed by atoms with Crippen molar-refractivity contribution in [3.05, 3.63) is 39.7 Å². The molecule has 0 unspecified atom stereocenters. The highest BCUT2D eigenvalue weighted by Gasteiger charge is 2.41. The minimum absolute atomic E-state index is 0.0128. The van der Waals surface area contributed by atoms with Crippen LogP contribution in [0, 0.1) is 5.82 Å². The summed E-state index contributed by atoms with van der Waals surface area (Å²) in [5.74, 6) is -1.75. The van der Waals surface area contributed by atoms with Gasteiger partial charge in [-0.05, 0) is 43.2 Å². The molecular formula is C19H21ClFNO3SSi. The molecule has 1 aromatic rings. The van der Waals surface area contributed by atoms with E-state index in [0.29, 0.717) is 29.4 Å². The number of carbonyl (C=O) groups is 3. The summed E-state index contributed by atoms with van der Waals surface area (Å²) in [6, 6.07) is 2.25. The predicted molar refractivity (Wildman–Crippen MR) is 110 cm³/mol. The molecular weight excluding hydrogens is 405 g/mol. The largest absolute Gasteiger partial charge is 0.282 e. The fourth-order valence-electron chi connectivity index (χ4n) is 3.18. The summed E-state index contributed by atoms with van der Waals surface area (Å²) in [6.45, 7) is 6.42. The Bertz CT molecular complexity index is 850.